The fraction of sp³-hybridized carbons (Fsp3) is 0. The minimum atomic E-state index is -0.532. The summed E-state index contributed by atoms with van der Waals surface area (Å²) in [6.45, 7) is 0. The number of aromatic nitrogens is 2. The van der Waals surface area contributed by atoms with Crippen molar-refractivity contribution in [3.63, 3.8) is 0 Å². The molecule has 0 bridgehead atoms. The van der Waals surface area contributed by atoms with E-state index in [1.807, 2.05) is 0 Å². The van der Waals surface area contributed by atoms with Gasteiger partial charge >= 0.3 is 0 Å². The van der Waals surface area contributed by atoms with Crippen molar-refractivity contribution in [3.8, 4) is 0 Å². The number of carbonyl (C=O) groups is 2. The summed E-state index contributed by atoms with van der Waals surface area (Å²) in [6, 6.07) is 3.40. The van der Waals surface area contributed by atoms with Crippen LogP contribution in [0.25, 0.3) is 6.08 Å². The molecular formula is C13H11N5O3S. The van der Waals surface area contributed by atoms with Crippen LogP contribution in [-0.4, -0.2) is 26.9 Å². The van der Waals surface area contributed by atoms with Crippen LogP contribution in [0.3, 0.4) is 0 Å². The average Bonchev–Trinajstić information content (AvgIpc) is 3.05. The quantitative estimate of drug-likeness (QED) is 0.427. The number of carbonyl (C=O) groups excluding carboxylic acids is 2. The van der Waals surface area contributed by atoms with Crippen molar-refractivity contribution >= 4 is 35.2 Å². The maximum Gasteiger partial charge on any atom is 0.289 e. The summed E-state index contributed by atoms with van der Waals surface area (Å²) in [7, 11) is 0. The Morgan fingerprint density at radius 3 is 2.82 bits per heavy atom. The average molecular weight is 317 g/mol. The highest BCUT2D eigenvalue weighted by Gasteiger charge is 2.07. The lowest BCUT2D eigenvalue weighted by molar-refractivity contribution is -0.115. The summed E-state index contributed by atoms with van der Waals surface area (Å²) in [5.41, 5.74) is 4.78. The molecule has 2 heterocycles. The number of nitrogens with one attached hydrogen (secondary N) is 3. The van der Waals surface area contributed by atoms with Gasteiger partial charge in [-0.15, -0.1) is 0 Å². The number of furan rings is 1. The Kier molecular flexibility index (Phi) is 5.32. The van der Waals surface area contributed by atoms with Gasteiger partial charge in [-0.2, -0.15) is 0 Å². The standard InChI is InChI=1S/C13H11N5O3S/c19-11(4-3-9-2-1-7-21-9)16-13(22)18-17-12(20)10-8-14-5-6-15-10/h1-8H,(H,17,20)(H2,16,18,19,22)/b4-3+. The molecule has 0 aliphatic rings. The normalized spacial score (nSPS) is 10.2. The maximum atomic E-state index is 11.6. The molecule has 0 fully saturated rings. The highest BCUT2D eigenvalue weighted by Crippen LogP contribution is 2.01. The Labute approximate surface area is 130 Å². The van der Waals surface area contributed by atoms with Crippen LogP contribution in [0.4, 0.5) is 0 Å². The number of rotatable bonds is 3. The number of hydrogen-bond donors (Lipinski definition) is 3. The Balaban J connectivity index is 1.76. The van der Waals surface area contributed by atoms with E-state index in [0.29, 0.717) is 5.76 Å². The van der Waals surface area contributed by atoms with E-state index >= 15 is 0 Å². The molecule has 2 amide bonds. The molecule has 9 heteroatoms. The summed E-state index contributed by atoms with van der Waals surface area (Å²) >= 11 is 4.86. The summed E-state index contributed by atoms with van der Waals surface area (Å²) in [5.74, 6) is -0.469. The molecule has 2 aromatic heterocycles. The zero-order valence-corrected chi connectivity index (χ0v) is 12.0. The van der Waals surface area contributed by atoms with Gasteiger partial charge in [0.05, 0.1) is 12.5 Å². The fourth-order valence-corrected chi connectivity index (χ4v) is 1.47. The summed E-state index contributed by atoms with van der Waals surface area (Å²) in [6.07, 6.45) is 8.35. The van der Waals surface area contributed by atoms with E-state index in [9.17, 15) is 9.59 Å². The number of amides is 2. The summed E-state index contributed by atoms with van der Waals surface area (Å²) in [5, 5.41) is 2.29. The van der Waals surface area contributed by atoms with E-state index in [4.69, 9.17) is 16.6 Å². The van der Waals surface area contributed by atoms with E-state index in [0.717, 1.165) is 0 Å². The Morgan fingerprint density at radius 2 is 2.14 bits per heavy atom. The van der Waals surface area contributed by atoms with Gasteiger partial charge in [-0.05, 0) is 30.4 Å². The third-order valence-corrected chi connectivity index (χ3v) is 2.47. The molecule has 0 spiro atoms. The Morgan fingerprint density at radius 1 is 1.27 bits per heavy atom. The smallest absolute Gasteiger partial charge is 0.289 e. The van der Waals surface area contributed by atoms with Crippen molar-refractivity contribution in [1.29, 1.82) is 0 Å². The topological polar surface area (TPSA) is 109 Å². The van der Waals surface area contributed by atoms with Crippen molar-refractivity contribution in [3.05, 3.63) is 54.5 Å². The van der Waals surface area contributed by atoms with Gasteiger partial charge in [0.15, 0.2) is 5.11 Å². The van der Waals surface area contributed by atoms with E-state index < -0.39 is 11.8 Å². The fourth-order valence-electron chi connectivity index (χ4n) is 1.32. The number of nitrogens with zero attached hydrogens (tertiary/aromatic N) is 2. The molecular weight excluding hydrogens is 306 g/mol. The van der Waals surface area contributed by atoms with Crippen molar-refractivity contribution in [2.45, 2.75) is 0 Å². The largest absolute Gasteiger partial charge is 0.465 e. The lowest BCUT2D eigenvalue weighted by atomic mass is 10.4. The van der Waals surface area contributed by atoms with E-state index in [1.165, 1.54) is 37.0 Å². The van der Waals surface area contributed by atoms with Gasteiger partial charge in [0.1, 0.15) is 11.5 Å². The molecule has 112 valence electrons. The molecule has 0 saturated carbocycles. The molecule has 0 aromatic carbocycles. The van der Waals surface area contributed by atoms with Crippen LogP contribution in [-0.2, 0) is 4.79 Å². The van der Waals surface area contributed by atoms with Crippen LogP contribution in [0.5, 0.6) is 0 Å². The van der Waals surface area contributed by atoms with Gasteiger partial charge in [0, 0.05) is 18.5 Å². The Bertz CT molecular complexity index is 685. The first-order chi connectivity index (χ1) is 10.6. The van der Waals surface area contributed by atoms with Crippen LogP contribution < -0.4 is 16.2 Å². The zero-order chi connectivity index (χ0) is 15.8. The maximum absolute atomic E-state index is 11.6. The molecule has 2 rings (SSSR count). The molecule has 0 atom stereocenters. The second kappa shape index (κ2) is 7.64. The number of hydrogen-bond acceptors (Lipinski definition) is 6. The van der Waals surface area contributed by atoms with E-state index in [-0.39, 0.29) is 10.8 Å². The highest BCUT2D eigenvalue weighted by atomic mass is 32.1. The Hall–Kier alpha value is -3.07. The molecule has 2 aromatic rings. The lowest BCUT2D eigenvalue weighted by Gasteiger charge is -2.08. The molecule has 0 aliphatic carbocycles. The van der Waals surface area contributed by atoms with Crippen molar-refractivity contribution in [1.82, 2.24) is 26.1 Å². The van der Waals surface area contributed by atoms with Crippen LogP contribution in [0.15, 0.2) is 47.5 Å². The molecule has 0 saturated heterocycles. The highest BCUT2D eigenvalue weighted by molar-refractivity contribution is 7.80. The van der Waals surface area contributed by atoms with Crippen molar-refractivity contribution in [2.24, 2.45) is 0 Å². The SMILES string of the molecule is O=C(/C=C/c1ccco1)NC(=S)NNC(=O)c1cnccn1. The van der Waals surface area contributed by atoms with Crippen molar-refractivity contribution in [2.75, 3.05) is 0 Å². The molecule has 3 N–H and O–H groups in total. The monoisotopic (exact) mass is 317 g/mol. The third-order valence-electron chi connectivity index (χ3n) is 2.26. The predicted molar refractivity (Wildman–Crippen MR) is 81.1 cm³/mol. The zero-order valence-electron chi connectivity index (χ0n) is 11.1. The number of thiocarbonyl (C=S) groups is 1. The molecule has 0 radical (unpaired) electrons. The van der Waals surface area contributed by atoms with Gasteiger partial charge in [-0.25, -0.2) is 4.98 Å². The van der Waals surface area contributed by atoms with Crippen molar-refractivity contribution < 1.29 is 14.0 Å². The van der Waals surface area contributed by atoms with Crippen LogP contribution in [0.1, 0.15) is 16.2 Å². The minimum absolute atomic E-state index is 0.0636. The predicted octanol–water partition coefficient (Wildman–Crippen LogP) is 0.419. The van der Waals surface area contributed by atoms with Crippen LogP contribution >= 0.6 is 12.2 Å². The minimum Gasteiger partial charge on any atom is -0.465 e. The summed E-state index contributed by atoms with van der Waals surface area (Å²) in [4.78, 5) is 30.8. The van der Waals surface area contributed by atoms with Gasteiger partial charge in [-0.3, -0.25) is 30.7 Å². The van der Waals surface area contributed by atoms with Gasteiger partial charge in [-0.1, -0.05) is 0 Å². The molecule has 22 heavy (non-hydrogen) atoms. The van der Waals surface area contributed by atoms with Gasteiger partial charge < -0.3 is 4.42 Å². The lowest BCUT2D eigenvalue weighted by Crippen LogP contribution is -2.48. The van der Waals surface area contributed by atoms with Gasteiger partial charge in [0.2, 0.25) is 5.91 Å². The third kappa shape index (κ3) is 4.80. The number of hydrazine groups is 1. The molecule has 0 aliphatic heterocycles. The second-order valence-corrected chi connectivity index (χ2v) is 4.25. The first kappa shape index (κ1) is 15.3. The molecule has 8 nitrogen and oxygen atoms in total. The van der Waals surface area contributed by atoms with Crippen LogP contribution in [0.2, 0.25) is 0 Å². The molecule has 0 unspecified atom stereocenters. The first-order valence-electron chi connectivity index (χ1n) is 6.04. The first-order valence-corrected chi connectivity index (χ1v) is 6.45. The summed E-state index contributed by atoms with van der Waals surface area (Å²) < 4.78 is 5.03. The van der Waals surface area contributed by atoms with Crippen LogP contribution in [0, 0.1) is 0 Å². The van der Waals surface area contributed by atoms with Gasteiger partial charge in [0.25, 0.3) is 5.91 Å². The van der Waals surface area contributed by atoms with E-state index in [2.05, 4.69) is 26.1 Å². The second-order valence-electron chi connectivity index (χ2n) is 3.84. The van der Waals surface area contributed by atoms with E-state index in [1.54, 1.807) is 12.1 Å².